The maximum atomic E-state index is 12.2. The Hall–Kier alpha value is -3.31. The van der Waals surface area contributed by atoms with E-state index in [0.717, 1.165) is 0 Å². The molecule has 3 N–H and O–H groups in total. The molecule has 0 fully saturated rings. The smallest absolute Gasteiger partial charge is 0.335 e. The SMILES string of the molecule is C.COc1nc(C)nc(NC(=O)NS(=O)(=O)c2ccccc2I)n1.COc1nc(C)nc(NC([O-])=NS(=O)(=O)c2ccccc2I)n1.I. The molecule has 0 spiro atoms. The number of benzene rings is 2. The van der Waals surface area contributed by atoms with Crippen LogP contribution in [0, 0.1) is 21.0 Å². The van der Waals surface area contributed by atoms with Crippen LogP contribution < -0.4 is 29.9 Å². The summed E-state index contributed by atoms with van der Waals surface area (Å²) in [4.78, 5) is 34.8. The Kier molecular flexibility index (Phi) is 16.9. The van der Waals surface area contributed by atoms with Crippen LogP contribution in [0.25, 0.3) is 0 Å². The fraction of sp³-hybridized carbons (Fsp3) is 0.200. The number of methoxy groups -OCH3 is 2. The molecule has 18 nitrogen and oxygen atoms in total. The van der Waals surface area contributed by atoms with Crippen molar-refractivity contribution in [1.82, 2.24) is 34.6 Å². The van der Waals surface area contributed by atoms with E-state index in [1.165, 1.54) is 26.4 Å². The van der Waals surface area contributed by atoms with Gasteiger partial charge in [-0.3, -0.25) is 5.32 Å². The van der Waals surface area contributed by atoms with E-state index in [0.29, 0.717) is 18.8 Å². The van der Waals surface area contributed by atoms with Crippen LogP contribution in [0.4, 0.5) is 16.7 Å². The van der Waals surface area contributed by atoms with Crippen LogP contribution in [0.2, 0.25) is 0 Å². The van der Waals surface area contributed by atoms with Crippen molar-refractivity contribution >= 4 is 113 Å². The number of carbonyl (C=O) groups is 1. The van der Waals surface area contributed by atoms with E-state index >= 15 is 0 Å². The van der Waals surface area contributed by atoms with Crippen LogP contribution in [0.3, 0.4) is 0 Å². The largest absolute Gasteiger partial charge is 0.845 e. The van der Waals surface area contributed by atoms with Crippen LogP contribution in [-0.4, -0.2) is 73.0 Å². The van der Waals surface area contributed by atoms with E-state index in [1.807, 2.05) is 49.9 Å². The summed E-state index contributed by atoms with van der Waals surface area (Å²) in [6, 6.07) is 10.4. The predicted octanol–water partition coefficient (Wildman–Crippen LogP) is 2.87. The number of amidine groups is 1. The van der Waals surface area contributed by atoms with Gasteiger partial charge in [0.2, 0.25) is 11.9 Å². The van der Waals surface area contributed by atoms with E-state index in [1.54, 1.807) is 50.2 Å². The first-order valence-corrected chi connectivity index (χ1v) is 17.4. The molecule has 0 aliphatic heterocycles. The number of ether oxygens (including phenoxy) is 2. The lowest BCUT2D eigenvalue weighted by molar-refractivity contribution is -0.213. The molecule has 48 heavy (non-hydrogen) atoms. The number of nitrogens with zero attached hydrogens (tertiary/aromatic N) is 7. The minimum Gasteiger partial charge on any atom is -0.845 e. The van der Waals surface area contributed by atoms with Crippen LogP contribution in [-0.2, 0) is 20.0 Å². The highest BCUT2D eigenvalue weighted by Gasteiger charge is 2.21. The zero-order valence-corrected chi connectivity index (χ0v) is 32.8. The van der Waals surface area contributed by atoms with Gasteiger partial charge in [-0.25, -0.2) is 17.9 Å². The third-order valence-corrected chi connectivity index (χ3v) is 10.3. The predicted molar refractivity (Wildman–Crippen MR) is 200 cm³/mol. The van der Waals surface area contributed by atoms with Gasteiger partial charge in [0.05, 0.1) is 20.2 Å². The summed E-state index contributed by atoms with van der Waals surface area (Å²) in [5.41, 5.74) is 0. The Morgan fingerprint density at radius 2 is 1.19 bits per heavy atom. The maximum absolute atomic E-state index is 12.2. The molecule has 260 valence electrons. The number of halogens is 3. The molecular weight excluding hydrogens is 1010 g/mol. The van der Waals surface area contributed by atoms with Crippen molar-refractivity contribution in [2.75, 3.05) is 24.9 Å². The van der Waals surface area contributed by atoms with Crippen molar-refractivity contribution in [3.8, 4) is 12.0 Å². The Morgan fingerprint density at radius 3 is 1.65 bits per heavy atom. The van der Waals surface area contributed by atoms with Crippen LogP contribution >= 0.6 is 69.2 Å². The fourth-order valence-electron chi connectivity index (χ4n) is 3.11. The highest BCUT2D eigenvalue weighted by atomic mass is 127. The van der Waals surface area contributed by atoms with Gasteiger partial charge in [0.1, 0.15) is 21.4 Å². The van der Waals surface area contributed by atoms with Crippen molar-refractivity contribution in [3.63, 3.8) is 0 Å². The number of rotatable bonds is 8. The summed E-state index contributed by atoms with van der Waals surface area (Å²) in [7, 11) is -5.43. The monoisotopic (exact) mass is 1040 g/mol. The number of aryl methyl sites for hydroxylation is 2. The lowest BCUT2D eigenvalue weighted by Crippen LogP contribution is -2.35. The number of urea groups is 1. The van der Waals surface area contributed by atoms with Crippen LogP contribution in [0.15, 0.2) is 62.7 Å². The average Bonchev–Trinajstić information content (AvgIpc) is 2.96. The molecule has 0 atom stereocenters. The molecule has 4 rings (SSSR count). The van der Waals surface area contributed by atoms with E-state index in [9.17, 15) is 26.7 Å². The Balaban J connectivity index is 0.000000461. The zero-order valence-electron chi connectivity index (χ0n) is 24.5. The first kappa shape index (κ1) is 42.7. The number of hydrogen-bond donors (Lipinski definition) is 3. The van der Waals surface area contributed by atoms with E-state index in [4.69, 9.17) is 9.47 Å². The topological polar surface area (TPSA) is 253 Å². The molecule has 2 amide bonds. The molecule has 2 heterocycles. The fourth-order valence-corrected chi connectivity index (χ4v) is 7.50. The van der Waals surface area contributed by atoms with Crippen molar-refractivity contribution in [3.05, 3.63) is 67.3 Å². The minimum absolute atomic E-state index is 0. The van der Waals surface area contributed by atoms with Gasteiger partial charge < -0.3 is 19.9 Å². The average molecular weight is 1040 g/mol. The number of sulfonamides is 2. The van der Waals surface area contributed by atoms with E-state index < -0.39 is 32.1 Å². The van der Waals surface area contributed by atoms with Gasteiger partial charge in [0, 0.05) is 7.14 Å². The third-order valence-electron chi connectivity index (χ3n) is 4.93. The maximum Gasteiger partial charge on any atom is 0.335 e. The summed E-state index contributed by atoms with van der Waals surface area (Å²) in [6.07, 6.45) is 0. The van der Waals surface area contributed by atoms with E-state index in [2.05, 4.69) is 44.9 Å². The van der Waals surface area contributed by atoms with Gasteiger partial charge in [0.25, 0.3) is 20.0 Å². The van der Waals surface area contributed by atoms with E-state index in [-0.39, 0.29) is 65.1 Å². The lowest BCUT2D eigenvalue weighted by Gasteiger charge is -2.12. The molecule has 0 bridgehead atoms. The summed E-state index contributed by atoms with van der Waals surface area (Å²) >= 11 is 3.72. The summed E-state index contributed by atoms with van der Waals surface area (Å²) in [5, 5.41) is 16.2. The van der Waals surface area contributed by atoms with Crippen molar-refractivity contribution < 1.29 is 36.2 Å². The van der Waals surface area contributed by atoms with Gasteiger partial charge in [-0.2, -0.15) is 42.7 Å². The molecule has 0 aliphatic carbocycles. The highest BCUT2D eigenvalue weighted by molar-refractivity contribution is 14.1. The molecule has 0 aliphatic rings. The molecule has 0 saturated heterocycles. The van der Waals surface area contributed by atoms with Crippen LogP contribution in [0.5, 0.6) is 12.0 Å². The van der Waals surface area contributed by atoms with Crippen molar-refractivity contribution in [2.45, 2.75) is 31.1 Å². The normalized spacial score (nSPS) is 11.0. The molecule has 0 radical (unpaired) electrons. The summed E-state index contributed by atoms with van der Waals surface area (Å²) < 4.78 is 64.4. The number of amides is 2. The Labute approximate surface area is 320 Å². The van der Waals surface area contributed by atoms with Crippen LogP contribution in [0.1, 0.15) is 19.1 Å². The third kappa shape index (κ3) is 12.6. The first-order chi connectivity index (χ1) is 21.6. The van der Waals surface area contributed by atoms with Gasteiger partial charge in [0.15, 0.2) is 0 Å². The Bertz CT molecular complexity index is 1990. The lowest BCUT2D eigenvalue weighted by atomic mass is 10.4. The molecule has 23 heteroatoms. The second kappa shape index (κ2) is 19.0. The summed E-state index contributed by atoms with van der Waals surface area (Å²) in [5.74, 6) is 0.339. The molecular formula is C25H28I3N10O8S2-. The molecule has 0 unspecified atom stereocenters. The van der Waals surface area contributed by atoms with Crippen molar-refractivity contribution in [2.24, 2.45) is 4.40 Å². The number of hydrogen-bond acceptors (Lipinski definition) is 14. The second-order valence-corrected chi connectivity index (χ2v) is 13.9. The number of carbonyl (C=O) groups excluding carboxylic acids is 1. The number of nitrogens with one attached hydrogen (secondary N) is 3. The Morgan fingerprint density at radius 1 is 0.750 bits per heavy atom. The first-order valence-electron chi connectivity index (χ1n) is 12.3. The standard InChI is InChI=1S/2C12H12IN5O4S.CH4.HI/c2*1-7-14-10(17-12(15-7)22-2)16-11(19)18-23(20,21)9-6-4-3-5-8(9)13;;/h2*3-6H,1-2H3,(H2,14,15,16,17,18,19);1H4;1H/p-1. The molecule has 4 aromatic rings. The highest BCUT2D eigenvalue weighted by Crippen LogP contribution is 2.20. The molecule has 0 saturated carbocycles. The van der Waals surface area contributed by atoms with Crippen molar-refractivity contribution in [1.29, 1.82) is 0 Å². The van der Waals surface area contributed by atoms with Gasteiger partial charge >= 0.3 is 18.1 Å². The van der Waals surface area contributed by atoms with Gasteiger partial charge in [-0.15, -0.1) is 24.0 Å². The number of aromatic nitrogens is 6. The quantitative estimate of drug-likeness (QED) is 0.130. The zero-order chi connectivity index (χ0) is 34.1. The molecule has 2 aromatic carbocycles. The minimum atomic E-state index is -4.13. The van der Waals surface area contributed by atoms with Gasteiger partial charge in [-0.1, -0.05) is 31.7 Å². The molecule has 2 aromatic heterocycles. The van der Waals surface area contributed by atoms with Gasteiger partial charge in [-0.05, 0) is 83.3 Å². The summed E-state index contributed by atoms with van der Waals surface area (Å²) in [6.45, 7) is 3.15. The number of anilines is 2. The second-order valence-electron chi connectivity index (χ2n) is 8.30.